The van der Waals surface area contributed by atoms with E-state index in [0.717, 1.165) is 57.8 Å². The Balaban J connectivity index is 3.04. The van der Waals surface area contributed by atoms with E-state index in [-0.39, 0.29) is 31.6 Å². The van der Waals surface area contributed by atoms with Gasteiger partial charge in [-0.3, -0.25) is 9.32 Å². The van der Waals surface area contributed by atoms with Crippen LogP contribution in [-0.4, -0.2) is 97.1 Å². The number of carboxylic acid groups (broad SMARTS) is 1. The molecular weight excluding hydrogens is 826 g/mol. The van der Waals surface area contributed by atoms with Gasteiger partial charge in [0, 0.05) is 26.7 Å². The van der Waals surface area contributed by atoms with Gasteiger partial charge in [0.2, 0.25) is 5.91 Å². The largest absolute Gasteiger partial charge is 0.480 e. The molecule has 1 aliphatic rings. The maximum atomic E-state index is 13.5. The average molecular weight is 920 g/mol. The lowest BCUT2D eigenvalue weighted by atomic mass is 9.96. The van der Waals surface area contributed by atoms with Gasteiger partial charge in [0.25, 0.3) is 0 Å². The van der Waals surface area contributed by atoms with Gasteiger partial charge < -0.3 is 43.9 Å². The van der Waals surface area contributed by atoms with Crippen LogP contribution in [0.5, 0.6) is 0 Å². The van der Waals surface area contributed by atoms with E-state index < -0.39 is 51.0 Å². The number of phosphoric acid groups is 1. The first-order valence-corrected chi connectivity index (χ1v) is 27.0. The Morgan fingerprint density at radius 3 is 1.68 bits per heavy atom. The molecule has 14 heteroatoms. The minimum absolute atomic E-state index is 0.0908. The highest BCUT2D eigenvalue weighted by atomic mass is 31.2. The van der Waals surface area contributed by atoms with E-state index in [0.29, 0.717) is 19.4 Å². The van der Waals surface area contributed by atoms with E-state index >= 15 is 0 Å². The van der Waals surface area contributed by atoms with Crippen LogP contribution in [0.1, 0.15) is 220 Å². The molecule has 1 fully saturated rings. The maximum Gasteiger partial charge on any atom is 0.470 e. The number of phosphoric ester groups is 1. The molecular formula is C49H94NO12P. The minimum atomic E-state index is -5.10. The zero-order chi connectivity index (χ0) is 46.2. The van der Waals surface area contributed by atoms with Crippen molar-refractivity contribution < 1.29 is 57.3 Å². The summed E-state index contributed by atoms with van der Waals surface area (Å²) < 4.78 is 47.7. The van der Waals surface area contributed by atoms with Crippen molar-refractivity contribution in [2.45, 2.75) is 257 Å². The first-order chi connectivity index (χ1) is 30.6. The number of ether oxygens (including phenoxy) is 5. The normalized spacial score (nSPS) is 19.8. The molecule has 4 N–H and O–H groups in total. The number of methoxy groups -OCH3 is 1. The number of unbranched alkanes of at least 4 members (excludes halogenated alkanes) is 24. The van der Waals surface area contributed by atoms with Crippen LogP contribution in [0.4, 0.5) is 0 Å². The predicted molar refractivity (Wildman–Crippen MR) is 252 cm³/mol. The summed E-state index contributed by atoms with van der Waals surface area (Å²) in [7, 11) is -3.69. The lowest BCUT2D eigenvalue weighted by molar-refractivity contribution is -0.275. The van der Waals surface area contributed by atoms with E-state index in [4.69, 9.17) is 28.2 Å². The van der Waals surface area contributed by atoms with Crippen molar-refractivity contribution in [2.24, 2.45) is 0 Å². The van der Waals surface area contributed by atoms with E-state index in [1.54, 1.807) is 0 Å². The van der Waals surface area contributed by atoms with E-state index in [1.807, 2.05) is 0 Å². The van der Waals surface area contributed by atoms with Crippen molar-refractivity contribution in [3.05, 3.63) is 12.2 Å². The molecule has 0 saturated carbocycles. The molecule has 1 aliphatic heterocycles. The van der Waals surface area contributed by atoms with Gasteiger partial charge in [0.1, 0.15) is 31.0 Å². The molecule has 0 bridgehead atoms. The van der Waals surface area contributed by atoms with Gasteiger partial charge in [-0.2, -0.15) is 0 Å². The second-order valence-electron chi connectivity index (χ2n) is 17.7. The number of carboxylic acids is 1. The fourth-order valence-corrected chi connectivity index (χ4v) is 8.78. The predicted octanol–water partition coefficient (Wildman–Crippen LogP) is 11.9. The molecule has 63 heavy (non-hydrogen) atoms. The molecule has 13 nitrogen and oxygen atoms in total. The highest BCUT2D eigenvalue weighted by molar-refractivity contribution is 7.46. The van der Waals surface area contributed by atoms with Crippen molar-refractivity contribution in [2.75, 3.05) is 33.5 Å². The van der Waals surface area contributed by atoms with Crippen LogP contribution in [0, 0.1) is 0 Å². The summed E-state index contributed by atoms with van der Waals surface area (Å²) in [5.41, 5.74) is 0. The average Bonchev–Trinajstić information content (AvgIpc) is 3.24. The van der Waals surface area contributed by atoms with Gasteiger partial charge in [-0.05, 0) is 51.4 Å². The number of aliphatic carboxylic acids is 1. The van der Waals surface area contributed by atoms with E-state index in [2.05, 4.69) is 38.2 Å². The first kappa shape index (κ1) is 59.6. The number of hydrogen-bond acceptors (Lipinski definition) is 9. The topological polar surface area (TPSA) is 179 Å². The minimum Gasteiger partial charge on any atom is -0.480 e. The molecule has 6 atom stereocenters. The summed E-state index contributed by atoms with van der Waals surface area (Å²) >= 11 is 0. The summed E-state index contributed by atoms with van der Waals surface area (Å²) in [6.07, 6.45) is 33.7. The van der Waals surface area contributed by atoms with Crippen LogP contribution in [-0.2, 0) is 42.4 Å². The molecule has 1 heterocycles. The Morgan fingerprint density at radius 1 is 0.651 bits per heavy atom. The second kappa shape index (κ2) is 40.8. The molecule has 372 valence electrons. The SMILES string of the molecule is CCCCCC/C=C\CCCCCC(=O)N[C@H]1[C@@H](OCC(=O)O)O[C@H](COC)[C@@H](OP(=O)(O)O)[C@@H]1OCC[C@@H](CCCCCCCCCCC)OCCCCCCCCCCCC. The number of rotatable bonds is 45. The number of allylic oxidation sites excluding steroid dienone is 2. The third-order valence-corrected chi connectivity index (χ3v) is 12.3. The summed E-state index contributed by atoms with van der Waals surface area (Å²) in [6.45, 7) is 6.58. The van der Waals surface area contributed by atoms with Crippen molar-refractivity contribution in [1.29, 1.82) is 0 Å². The number of amides is 1. The molecule has 1 saturated heterocycles. The molecule has 0 aliphatic carbocycles. The third kappa shape index (κ3) is 33.7. The van der Waals surface area contributed by atoms with Gasteiger partial charge in [-0.25, -0.2) is 9.36 Å². The van der Waals surface area contributed by atoms with Gasteiger partial charge in [-0.1, -0.05) is 174 Å². The van der Waals surface area contributed by atoms with Crippen LogP contribution in [0.15, 0.2) is 12.2 Å². The Kier molecular flexibility index (Phi) is 38.6. The maximum absolute atomic E-state index is 13.5. The fourth-order valence-electron chi connectivity index (χ4n) is 8.21. The fraction of sp³-hybridized carbons (Fsp3) is 0.918. The number of nitrogens with one attached hydrogen (secondary N) is 1. The molecule has 0 spiro atoms. The molecule has 0 aromatic rings. The third-order valence-electron chi connectivity index (χ3n) is 11.8. The van der Waals surface area contributed by atoms with Gasteiger partial charge in [-0.15, -0.1) is 0 Å². The van der Waals surface area contributed by atoms with Crippen molar-refractivity contribution in [3.63, 3.8) is 0 Å². The highest BCUT2D eigenvalue weighted by Gasteiger charge is 2.51. The Hall–Kier alpha value is -1.41. The van der Waals surface area contributed by atoms with Crippen LogP contribution < -0.4 is 5.32 Å². The van der Waals surface area contributed by atoms with Crippen LogP contribution in [0.3, 0.4) is 0 Å². The zero-order valence-electron chi connectivity index (χ0n) is 40.3. The second-order valence-corrected chi connectivity index (χ2v) is 18.9. The molecule has 0 unspecified atom stereocenters. The summed E-state index contributed by atoms with van der Waals surface area (Å²) in [4.78, 5) is 45.2. The lowest BCUT2D eigenvalue weighted by Gasteiger charge is -2.45. The number of hydrogen-bond donors (Lipinski definition) is 4. The highest BCUT2D eigenvalue weighted by Crippen LogP contribution is 2.42. The molecule has 1 amide bonds. The van der Waals surface area contributed by atoms with Crippen molar-refractivity contribution in [3.8, 4) is 0 Å². The molecule has 1 rings (SSSR count). The Bertz CT molecular complexity index is 1160. The van der Waals surface area contributed by atoms with Crippen LogP contribution in [0.2, 0.25) is 0 Å². The van der Waals surface area contributed by atoms with Crippen molar-refractivity contribution >= 4 is 19.7 Å². The van der Waals surface area contributed by atoms with Gasteiger partial charge in [0.05, 0.1) is 12.7 Å². The van der Waals surface area contributed by atoms with Crippen LogP contribution in [0.25, 0.3) is 0 Å². The first-order valence-electron chi connectivity index (χ1n) is 25.4. The molecule has 0 aromatic heterocycles. The van der Waals surface area contributed by atoms with E-state index in [9.17, 15) is 29.0 Å². The standard InChI is InChI=1S/C49H94NO12P/c1-5-8-11-14-17-20-22-24-27-30-33-36-44(51)50-46-48(47(62-63(54,55)56)43(40-57-4)61-49(46)60-41-45(52)53)59-39-37-42(35-32-29-26-23-19-16-13-10-7-3)58-38-34-31-28-25-21-18-15-12-9-6-2/h20,22,42-43,46-49H,5-19,21,23-41H2,1-4H3,(H,50,51)(H,52,53)(H2,54,55,56)/b22-20-/t42-,43-,46-,47-,48-,49+/m1/s1. The lowest BCUT2D eigenvalue weighted by Crippen LogP contribution is -2.66. The van der Waals surface area contributed by atoms with Crippen molar-refractivity contribution in [1.82, 2.24) is 5.32 Å². The smallest absolute Gasteiger partial charge is 0.470 e. The molecule has 0 aromatic carbocycles. The van der Waals surface area contributed by atoms with E-state index in [1.165, 1.54) is 129 Å². The summed E-state index contributed by atoms with van der Waals surface area (Å²) in [5, 5.41) is 12.4. The van der Waals surface area contributed by atoms with Crippen LogP contribution >= 0.6 is 7.82 Å². The van der Waals surface area contributed by atoms with Gasteiger partial charge >= 0.3 is 13.8 Å². The zero-order valence-corrected chi connectivity index (χ0v) is 41.2. The molecule has 0 radical (unpaired) electrons. The number of carbonyl (C=O) groups excluding carboxylic acids is 1. The summed E-state index contributed by atoms with van der Waals surface area (Å²) in [5.74, 6) is -1.58. The Labute approximate surface area is 383 Å². The number of carbonyl (C=O) groups is 2. The Morgan fingerprint density at radius 2 is 1.16 bits per heavy atom. The summed E-state index contributed by atoms with van der Waals surface area (Å²) in [6, 6.07) is -1.14. The quantitative estimate of drug-likeness (QED) is 0.0258. The van der Waals surface area contributed by atoms with Gasteiger partial charge in [0.15, 0.2) is 6.29 Å². The monoisotopic (exact) mass is 920 g/mol.